The number of nitrogens with one attached hydrogen (secondary N) is 1. The zero-order chi connectivity index (χ0) is 14.8. The van der Waals surface area contributed by atoms with Crippen LogP contribution in [0.25, 0.3) is 10.9 Å². The zero-order valence-corrected chi connectivity index (χ0v) is 14.0. The van der Waals surface area contributed by atoms with Crippen molar-refractivity contribution in [1.82, 2.24) is 14.7 Å². The maximum Gasteiger partial charge on any atom is 0.139 e. The van der Waals surface area contributed by atoms with Crippen LogP contribution in [0.1, 0.15) is 12.8 Å². The van der Waals surface area contributed by atoms with E-state index in [1.807, 2.05) is 6.26 Å². The van der Waals surface area contributed by atoms with Crippen LogP contribution in [0.3, 0.4) is 0 Å². The SMILES string of the molecule is CSNC1CCCN(c2ncnc3cc(F)c(Br)cc23)C1. The topological polar surface area (TPSA) is 41.0 Å². The molecule has 0 spiro atoms. The van der Waals surface area contributed by atoms with Crippen LogP contribution in [0, 0.1) is 5.82 Å². The average molecular weight is 371 g/mol. The summed E-state index contributed by atoms with van der Waals surface area (Å²) in [6.07, 6.45) is 5.83. The Morgan fingerprint density at radius 1 is 1.43 bits per heavy atom. The van der Waals surface area contributed by atoms with Crippen molar-refractivity contribution in [2.24, 2.45) is 0 Å². The van der Waals surface area contributed by atoms with Gasteiger partial charge in [0.2, 0.25) is 0 Å². The number of hydrogen-bond acceptors (Lipinski definition) is 5. The Labute approximate surface area is 135 Å². The van der Waals surface area contributed by atoms with Gasteiger partial charge in [0.15, 0.2) is 0 Å². The Morgan fingerprint density at radius 2 is 2.29 bits per heavy atom. The highest BCUT2D eigenvalue weighted by atomic mass is 79.9. The van der Waals surface area contributed by atoms with Crippen molar-refractivity contribution in [3.05, 3.63) is 28.7 Å². The van der Waals surface area contributed by atoms with Crippen LogP contribution in [0.5, 0.6) is 0 Å². The van der Waals surface area contributed by atoms with Gasteiger partial charge in [-0.3, -0.25) is 4.72 Å². The summed E-state index contributed by atoms with van der Waals surface area (Å²) in [7, 11) is 0. The molecule has 1 atom stereocenters. The Bertz CT molecular complexity index is 652. The molecule has 112 valence electrons. The van der Waals surface area contributed by atoms with Gasteiger partial charge in [-0.2, -0.15) is 0 Å². The molecule has 21 heavy (non-hydrogen) atoms. The molecule has 0 bridgehead atoms. The van der Waals surface area contributed by atoms with Crippen LogP contribution in [0.15, 0.2) is 22.9 Å². The lowest BCUT2D eigenvalue weighted by molar-refractivity contribution is 0.483. The molecule has 1 aliphatic rings. The Kier molecular flexibility index (Phi) is 4.61. The van der Waals surface area contributed by atoms with Crippen molar-refractivity contribution in [2.75, 3.05) is 24.2 Å². The summed E-state index contributed by atoms with van der Waals surface area (Å²) in [6.45, 7) is 1.87. The van der Waals surface area contributed by atoms with E-state index in [-0.39, 0.29) is 5.82 Å². The first kappa shape index (κ1) is 15.0. The molecule has 4 nitrogen and oxygen atoms in total. The maximum atomic E-state index is 13.7. The van der Waals surface area contributed by atoms with Gasteiger partial charge < -0.3 is 4.90 Å². The standard InChI is InChI=1S/C14H16BrFN4S/c1-21-19-9-3-2-4-20(7-9)14-10-5-11(15)12(16)6-13(10)17-8-18-14/h5-6,8-9,19H,2-4,7H2,1H3. The Hall–Kier alpha value is -0.920. The number of nitrogens with zero attached hydrogens (tertiary/aromatic N) is 3. The van der Waals surface area contributed by atoms with Crippen LogP contribution in [0.2, 0.25) is 0 Å². The van der Waals surface area contributed by atoms with Crippen LogP contribution in [-0.4, -0.2) is 35.4 Å². The summed E-state index contributed by atoms with van der Waals surface area (Å²) in [5.41, 5.74) is 0.639. The van der Waals surface area contributed by atoms with Gasteiger partial charge in [0.1, 0.15) is 18.0 Å². The van der Waals surface area contributed by atoms with E-state index in [9.17, 15) is 4.39 Å². The summed E-state index contributed by atoms with van der Waals surface area (Å²) >= 11 is 4.89. The molecule has 1 saturated heterocycles. The third-order valence-electron chi connectivity index (χ3n) is 3.66. The van der Waals surface area contributed by atoms with Gasteiger partial charge in [0.05, 0.1) is 9.99 Å². The highest BCUT2D eigenvalue weighted by Crippen LogP contribution is 2.29. The number of aromatic nitrogens is 2. The normalized spacial score (nSPS) is 19.2. The van der Waals surface area contributed by atoms with E-state index in [2.05, 4.69) is 35.5 Å². The molecule has 1 aromatic heterocycles. The largest absolute Gasteiger partial charge is 0.354 e. The first-order valence-electron chi connectivity index (χ1n) is 6.82. The van der Waals surface area contributed by atoms with E-state index in [1.165, 1.54) is 18.8 Å². The van der Waals surface area contributed by atoms with Gasteiger partial charge in [-0.1, -0.05) is 11.9 Å². The number of hydrogen-bond donors (Lipinski definition) is 1. The minimum Gasteiger partial charge on any atom is -0.354 e. The predicted molar refractivity (Wildman–Crippen MR) is 89.1 cm³/mol. The molecule has 0 aliphatic carbocycles. The van der Waals surface area contributed by atoms with Gasteiger partial charge >= 0.3 is 0 Å². The second kappa shape index (κ2) is 6.46. The van der Waals surface area contributed by atoms with E-state index >= 15 is 0 Å². The summed E-state index contributed by atoms with van der Waals surface area (Å²) in [6, 6.07) is 3.67. The van der Waals surface area contributed by atoms with Gasteiger partial charge in [0, 0.05) is 30.6 Å². The predicted octanol–water partition coefficient (Wildman–Crippen LogP) is 3.37. The van der Waals surface area contributed by atoms with Crippen LogP contribution in [0.4, 0.5) is 10.2 Å². The molecule has 1 unspecified atom stereocenters. The molecule has 0 saturated carbocycles. The number of halogens is 2. The minimum absolute atomic E-state index is 0.298. The fourth-order valence-corrected chi connectivity index (χ4v) is 3.59. The summed E-state index contributed by atoms with van der Waals surface area (Å²) in [5, 5.41) is 0.885. The summed E-state index contributed by atoms with van der Waals surface area (Å²) in [5.74, 6) is 0.584. The first-order chi connectivity index (χ1) is 10.2. The molecule has 2 heterocycles. The molecule has 2 aromatic rings. The van der Waals surface area contributed by atoms with E-state index in [0.717, 1.165) is 30.7 Å². The van der Waals surface area contributed by atoms with Gasteiger partial charge in [-0.15, -0.1) is 0 Å². The molecule has 1 N–H and O–H groups in total. The van der Waals surface area contributed by atoms with Gasteiger partial charge in [-0.25, -0.2) is 14.4 Å². The van der Waals surface area contributed by atoms with Crippen LogP contribution < -0.4 is 9.62 Å². The smallest absolute Gasteiger partial charge is 0.139 e. The lowest BCUT2D eigenvalue weighted by Crippen LogP contribution is -2.44. The maximum absolute atomic E-state index is 13.7. The number of fused-ring (bicyclic) bond motifs is 1. The quantitative estimate of drug-likeness (QED) is 0.838. The van der Waals surface area contributed by atoms with Gasteiger partial charge in [0.25, 0.3) is 0 Å². The highest BCUT2D eigenvalue weighted by molar-refractivity contribution is 9.10. The van der Waals surface area contributed by atoms with Crippen molar-refractivity contribution in [1.29, 1.82) is 0 Å². The minimum atomic E-state index is -0.298. The number of benzene rings is 1. The van der Waals surface area contributed by atoms with Crippen molar-refractivity contribution in [2.45, 2.75) is 18.9 Å². The lowest BCUT2D eigenvalue weighted by atomic mass is 10.1. The molecule has 1 aromatic carbocycles. The van der Waals surface area contributed by atoms with Crippen molar-refractivity contribution in [3.63, 3.8) is 0 Å². The van der Waals surface area contributed by atoms with Crippen LogP contribution >= 0.6 is 27.9 Å². The third kappa shape index (κ3) is 3.14. The first-order valence-corrected chi connectivity index (χ1v) is 8.84. The fourth-order valence-electron chi connectivity index (χ4n) is 2.72. The molecule has 3 rings (SSSR count). The number of piperidine rings is 1. The number of rotatable bonds is 3. The lowest BCUT2D eigenvalue weighted by Gasteiger charge is -2.34. The zero-order valence-electron chi connectivity index (χ0n) is 11.6. The molecule has 0 amide bonds. The van der Waals surface area contributed by atoms with Crippen LogP contribution in [-0.2, 0) is 0 Å². The van der Waals surface area contributed by atoms with Crippen molar-refractivity contribution < 1.29 is 4.39 Å². The fraction of sp³-hybridized carbons (Fsp3) is 0.429. The third-order valence-corrected chi connectivity index (χ3v) is 4.84. The van der Waals surface area contributed by atoms with Crippen molar-refractivity contribution in [3.8, 4) is 0 Å². The summed E-state index contributed by atoms with van der Waals surface area (Å²) in [4.78, 5) is 10.9. The average Bonchev–Trinajstić information content (AvgIpc) is 2.48. The van der Waals surface area contributed by atoms with E-state index in [1.54, 1.807) is 18.0 Å². The molecular formula is C14H16BrFN4S. The Morgan fingerprint density at radius 3 is 3.10 bits per heavy atom. The molecule has 1 fully saturated rings. The summed E-state index contributed by atoms with van der Waals surface area (Å²) < 4.78 is 17.5. The van der Waals surface area contributed by atoms with E-state index < -0.39 is 0 Å². The second-order valence-electron chi connectivity index (χ2n) is 5.09. The van der Waals surface area contributed by atoms with Crippen molar-refractivity contribution >= 4 is 44.6 Å². The Balaban J connectivity index is 1.98. The highest BCUT2D eigenvalue weighted by Gasteiger charge is 2.22. The van der Waals surface area contributed by atoms with E-state index in [4.69, 9.17) is 0 Å². The van der Waals surface area contributed by atoms with Gasteiger partial charge in [-0.05, 0) is 41.1 Å². The molecule has 1 aliphatic heterocycles. The molecule has 0 radical (unpaired) electrons. The second-order valence-corrected chi connectivity index (χ2v) is 6.59. The van der Waals surface area contributed by atoms with E-state index in [0.29, 0.717) is 16.0 Å². The monoisotopic (exact) mass is 370 g/mol. The number of anilines is 1. The molecule has 7 heteroatoms. The molecular weight excluding hydrogens is 355 g/mol.